The first kappa shape index (κ1) is 14.0. The lowest BCUT2D eigenvalue weighted by atomic mass is 10.4. The Morgan fingerprint density at radius 2 is 2.21 bits per heavy atom. The molecule has 0 aliphatic carbocycles. The summed E-state index contributed by atoms with van der Waals surface area (Å²) in [5, 5.41) is 6.94. The molecule has 102 valence electrons. The molecule has 2 aromatic rings. The number of nitrogens with one attached hydrogen (secondary N) is 1. The van der Waals surface area contributed by atoms with Gasteiger partial charge in [0.25, 0.3) is 0 Å². The van der Waals surface area contributed by atoms with Crippen LogP contribution >= 0.6 is 22.7 Å². The minimum Gasteiger partial charge on any atom is -0.461 e. The second-order valence-corrected chi connectivity index (χ2v) is 6.12. The van der Waals surface area contributed by atoms with Crippen LogP contribution in [-0.4, -0.2) is 22.5 Å². The Bertz CT molecular complexity index is 577. The monoisotopic (exact) mass is 297 g/mol. The number of thiazole rings is 2. The molecule has 0 aliphatic rings. The molecule has 0 saturated heterocycles. The van der Waals surface area contributed by atoms with Crippen LogP contribution < -0.4 is 5.32 Å². The van der Waals surface area contributed by atoms with Gasteiger partial charge in [-0.05, 0) is 20.8 Å². The Kier molecular flexibility index (Phi) is 4.49. The molecule has 5 nitrogen and oxygen atoms in total. The minimum atomic E-state index is -0.367. The summed E-state index contributed by atoms with van der Waals surface area (Å²) < 4.78 is 4.95. The van der Waals surface area contributed by atoms with Crippen LogP contribution in [0.15, 0.2) is 5.38 Å². The number of ether oxygens (including phenoxy) is 1. The van der Waals surface area contributed by atoms with Crippen molar-refractivity contribution in [1.29, 1.82) is 0 Å². The summed E-state index contributed by atoms with van der Waals surface area (Å²) >= 11 is 3.06. The standard InChI is InChI=1S/C12H15N3O2S2/c1-4-17-11(16)10-7(2)19-12(15-10)13-5-9-6-18-8(3)14-9/h6H,4-5H2,1-3H3,(H,13,15). The van der Waals surface area contributed by atoms with Crippen molar-refractivity contribution < 1.29 is 9.53 Å². The van der Waals surface area contributed by atoms with Gasteiger partial charge in [-0.3, -0.25) is 0 Å². The molecule has 2 aromatic heterocycles. The fourth-order valence-corrected chi connectivity index (χ4v) is 2.93. The Hall–Kier alpha value is -1.47. The number of carbonyl (C=O) groups is 1. The molecule has 0 radical (unpaired) electrons. The van der Waals surface area contributed by atoms with Gasteiger partial charge in [0.15, 0.2) is 10.8 Å². The first-order valence-electron chi connectivity index (χ1n) is 5.89. The molecule has 0 saturated carbocycles. The Balaban J connectivity index is 2.01. The molecule has 0 amide bonds. The van der Waals surface area contributed by atoms with E-state index in [1.54, 1.807) is 18.3 Å². The third-order valence-electron chi connectivity index (χ3n) is 2.35. The largest absolute Gasteiger partial charge is 0.461 e. The topological polar surface area (TPSA) is 64.1 Å². The Morgan fingerprint density at radius 3 is 2.84 bits per heavy atom. The van der Waals surface area contributed by atoms with E-state index in [-0.39, 0.29) is 5.97 Å². The maximum Gasteiger partial charge on any atom is 0.358 e. The Morgan fingerprint density at radius 1 is 1.42 bits per heavy atom. The number of hydrogen-bond acceptors (Lipinski definition) is 7. The molecule has 2 rings (SSSR count). The van der Waals surface area contributed by atoms with E-state index in [4.69, 9.17) is 4.74 Å². The van der Waals surface area contributed by atoms with E-state index < -0.39 is 0 Å². The highest BCUT2D eigenvalue weighted by atomic mass is 32.1. The molecule has 0 unspecified atom stereocenters. The summed E-state index contributed by atoms with van der Waals surface area (Å²) in [6, 6.07) is 0. The second-order valence-electron chi connectivity index (χ2n) is 3.86. The van der Waals surface area contributed by atoms with Crippen molar-refractivity contribution in [1.82, 2.24) is 9.97 Å². The summed E-state index contributed by atoms with van der Waals surface area (Å²) in [5.41, 5.74) is 1.37. The number of hydrogen-bond donors (Lipinski definition) is 1. The molecule has 19 heavy (non-hydrogen) atoms. The van der Waals surface area contributed by atoms with Gasteiger partial charge in [-0.2, -0.15) is 0 Å². The molecule has 0 spiro atoms. The van der Waals surface area contributed by atoms with Crippen LogP contribution in [0.4, 0.5) is 5.13 Å². The number of anilines is 1. The fraction of sp³-hybridized carbons (Fsp3) is 0.417. The molecule has 0 atom stereocenters. The van der Waals surface area contributed by atoms with Crippen LogP contribution in [0, 0.1) is 13.8 Å². The molecule has 2 heterocycles. The average Bonchev–Trinajstić information content (AvgIpc) is 2.93. The first-order chi connectivity index (χ1) is 9.10. The summed E-state index contributed by atoms with van der Waals surface area (Å²) in [5.74, 6) is -0.367. The number of carbonyl (C=O) groups excluding carboxylic acids is 1. The highest BCUT2D eigenvalue weighted by molar-refractivity contribution is 7.15. The summed E-state index contributed by atoms with van der Waals surface area (Å²) in [7, 11) is 0. The lowest BCUT2D eigenvalue weighted by Gasteiger charge is -1.99. The maximum atomic E-state index is 11.6. The highest BCUT2D eigenvalue weighted by Crippen LogP contribution is 2.23. The first-order valence-corrected chi connectivity index (χ1v) is 7.59. The predicted octanol–water partition coefficient (Wildman–Crippen LogP) is 3.01. The predicted molar refractivity (Wildman–Crippen MR) is 77.0 cm³/mol. The molecule has 0 aromatic carbocycles. The van der Waals surface area contributed by atoms with E-state index in [0.29, 0.717) is 24.0 Å². The molecular formula is C12H15N3O2S2. The average molecular weight is 297 g/mol. The zero-order chi connectivity index (χ0) is 13.8. The third-order valence-corrected chi connectivity index (χ3v) is 4.10. The SMILES string of the molecule is CCOC(=O)c1nc(NCc2csc(C)n2)sc1C. The van der Waals surface area contributed by atoms with E-state index in [1.165, 1.54) is 11.3 Å². The van der Waals surface area contributed by atoms with Gasteiger partial charge < -0.3 is 10.1 Å². The van der Waals surface area contributed by atoms with E-state index in [0.717, 1.165) is 15.6 Å². The van der Waals surface area contributed by atoms with Crippen LogP contribution in [0.25, 0.3) is 0 Å². The Labute approximate surface area is 119 Å². The van der Waals surface area contributed by atoms with Crippen molar-refractivity contribution >= 4 is 33.8 Å². The smallest absolute Gasteiger partial charge is 0.358 e. The highest BCUT2D eigenvalue weighted by Gasteiger charge is 2.16. The zero-order valence-electron chi connectivity index (χ0n) is 11.0. The number of aromatic nitrogens is 2. The van der Waals surface area contributed by atoms with Gasteiger partial charge >= 0.3 is 5.97 Å². The fourth-order valence-electron chi connectivity index (χ4n) is 1.52. The minimum absolute atomic E-state index is 0.358. The number of nitrogens with zero attached hydrogens (tertiary/aromatic N) is 2. The van der Waals surface area contributed by atoms with Crippen LogP contribution in [-0.2, 0) is 11.3 Å². The van der Waals surface area contributed by atoms with Crippen LogP contribution in [0.5, 0.6) is 0 Å². The van der Waals surface area contributed by atoms with Gasteiger partial charge in [0.1, 0.15) is 0 Å². The lowest BCUT2D eigenvalue weighted by Crippen LogP contribution is -2.07. The van der Waals surface area contributed by atoms with E-state index in [2.05, 4.69) is 15.3 Å². The molecule has 1 N–H and O–H groups in total. The maximum absolute atomic E-state index is 11.6. The van der Waals surface area contributed by atoms with Crippen molar-refractivity contribution in [2.24, 2.45) is 0 Å². The van der Waals surface area contributed by atoms with Gasteiger partial charge in [0.05, 0.1) is 23.9 Å². The van der Waals surface area contributed by atoms with Gasteiger partial charge in [0, 0.05) is 10.3 Å². The summed E-state index contributed by atoms with van der Waals surface area (Å²) in [6.07, 6.45) is 0. The van der Waals surface area contributed by atoms with Gasteiger partial charge in [0.2, 0.25) is 0 Å². The molecular weight excluding hydrogens is 282 g/mol. The van der Waals surface area contributed by atoms with E-state index in [9.17, 15) is 4.79 Å². The summed E-state index contributed by atoms with van der Waals surface area (Å²) in [6.45, 7) is 6.59. The van der Waals surface area contributed by atoms with Crippen LogP contribution in [0.2, 0.25) is 0 Å². The van der Waals surface area contributed by atoms with E-state index >= 15 is 0 Å². The van der Waals surface area contributed by atoms with Crippen molar-refractivity contribution in [2.45, 2.75) is 27.3 Å². The van der Waals surface area contributed by atoms with Crippen molar-refractivity contribution in [3.8, 4) is 0 Å². The third kappa shape index (κ3) is 3.51. The summed E-state index contributed by atoms with van der Waals surface area (Å²) in [4.78, 5) is 21.1. The number of esters is 1. The number of aryl methyl sites for hydroxylation is 2. The van der Waals surface area contributed by atoms with Crippen LogP contribution in [0.1, 0.15) is 33.0 Å². The van der Waals surface area contributed by atoms with Gasteiger partial charge in [-0.1, -0.05) is 0 Å². The molecule has 7 heteroatoms. The zero-order valence-corrected chi connectivity index (χ0v) is 12.7. The quantitative estimate of drug-likeness (QED) is 0.859. The van der Waals surface area contributed by atoms with Crippen LogP contribution in [0.3, 0.4) is 0 Å². The van der Waals surface area contributed by atoms with Crippen molar-refractivity contribution in [2.75, 3.05) is 11.9 Å². The van der Waals surface area contributed by atoms with Gasteiger partial charge in [-0.15, -0.1) is 22.7 Å². The lowest BCUT2D eigenvalue weighted by molar-refractivity contribution is 0.0519. The second kappa shape index (κ2) is 6.12. The normalized spacial score (nSPS) is 10.5. The number of rotatable bonds is 5. The van der Waals surface area contributed by atoms with Gasteiger partial charge in [-0.25, -0.2) is 14.8 Å². The molecule has 0 aliphatic heterocycles. The van der Waals surface area contributed by atoms with Crippen molar-refractivity contribution in [3.05, 3.63) is 26.7 Å². The molecule has 0 fully saturated rings. The van der Waals surface area contributed by atoms with E-state index in [1.807, 2.05) is 19.2 Å². The molecule has 0 bridgehead atoms. The van der Waals surface area contributed by atoms with Crippen molar-refractivity contribution in [3.63, 3.8) is 0 Å².